The molecular formula is C17H14BrNO3. The first-order valence-corrected chi connectivity index (χ1v) is 7.31. The average Bonchev–Trinajstić information content (AvgIpc) is 2.54. The predicted octanol–water partition coefficient (Wildman–Crippen LogP) is 3.84. The maximum atomic E-state index is 11.9. The van der Waals surface area contributed by atoms with E-state index >= 15 is 0 Å². The second-order valence-electron chi connectivity index (χ2n) is 4.39. The number of carbonyl (C=O) groups excluding carboxylic acids is 2. The summed E-state index contributed by atoms with van der Waals surface area (Å²) in [6, 6.07) is 14.0. The Morgan fingerprint density at radius 3 is 2.41 bits per heavy atom. The molecule has 1 N–H and O–H groups in total. The molecule has 22 heavy (non-hydrogen) atoms. The van der Waals surface area contributed by atoms with Crippen LogP contribution in [0.25, 0.3) is 0 Å². The largest absolute Gasteiger partial charge is 0.495 e. The number of nitrogens with one attached hydrogen (secondary N) is 1. The maximum Gasteiger partial charge on any atom is 0.248 e. The van der Waals surface area contributed by atoms with E-state index in [9.17, 15) is 9.59 Å². The number of hydrogen-bond donors (Lipinski definition) is 1. The topological polar surface area (TPSA) is 55.4 Å². The van der Waals surface area contributed by atoms with Gasteiger partial charge in [-0.1, -0.05) is 28.1 Å². The Labute approximate surface area is 136 Å². The molecule has 0 aromatic heterocycles. The second kappa shape index (κ2) is 7.56. The van der Waals surface area contributed by atoms with E-state index in [1.165, 1.54) is 19.3 Å². The van der Waals surface area contributed by atoms with Crippen LogP contribution in [-0.2, 0) is 4.79 Å². The molecule has 1 amide bonds. The molecule has 0 saturated heterocycles. The van der Waals surface area contributed by atoms with E-state index in [-0.39, 0.29) is 5.78 Å². The molecule has 0 saturated carbocycles. The van der Waals surface area contributed by atoms with Gasteiger partial charge in [-0.3, -0.25) is 9.59 Å². The van der Waals surface area contributed by atoms with Gasteiger partial charge in [-0.15, -0.1) is 0 Å². The van der Waals surface area contributed by atoms with Crippen molar-refractivity contribution in [1.82, 2.24) is 0 Å². The molecule has 0 heterocycles. The first-order chi connectivity index (χ1) is 10.6. The predicted molar refractivity (Wildman–Crippen MR) is 89.2 cm³/mol. The van der Waals surface area contributed by atoms with Gasteiger partial charge in [0.1, 0.15) is 5.75 Å². The van der Waals surface area contributed by atoms with Crippen molar-refractivity contribution in [1.29, 1.82) is 0 Å². The van der Waals surface area contributed by atoms with Gasteiger partial charge < -0.3 is 10.1 Å². The quantitative estimate of drug-likeness (QED) is 0.651. The van der Waals surface area contributed by atoms with E-state index < -0.39 is 5.91 Å². The fourth-order valence-corrected chi connectivity index (χ4v) is 2.05. The molecule has 0 aliphatic rings. The van der Waals surface area contributed by atoms with Crippen LogP contribution in [0, 0.1) is 0 Å². The van der Waals surface area contributed by atoms with Crippen molar-refractivity contribution in [3.63, 3.8) is 0 Å². The molecule has 5 heteroatoms. The highest BCUT2D eigenvalue weighted by atomic mass is 79.9. The van der Waals surface area contributed by atoms with Gasteiger partial charge in [-0.25, -0.2) is 0 Å². The number of ether oxygens (including phenoxy) is 1. The number of hydrogen-bond acceptors (Lipinski definition) is 3. The van der Waals surface area contributed by atoms with Crippen molar-refractivity contribution in [3.05, 3.63) is 70.7 Å². The standard InChI is InChI=1S/C17H14BrNO3/c1-22-16-5-3-2-4-14(16)19-17(21)11-10-15(20)12-6-8-13(18)9-7-12/h2-11H,1H3,(H,19,21)/b11-10+. The number of amides is 1. The monoisotopic (exact) mass is 359 g/mol. The molecule has 2 aromatic carbocycles. The van der Waals surface area contributed by atoms with Gasteiger partial charge in [0.15, 0.2) is 5.78 Å². The minimum Gasteiger partial charge on any atom is -0.495 e. The van der Waals surface area contributed by atoms with Gasteiger partial charge in [-0.05, 0) is 42.5 Å². The Balaban J connectivity index is 2.02. The van der Waals surface area contributed by atoms with Crippen LogP contribution in [0.5, 0.6) is 5.75 Å². The van der Waals surface area contributed by atoms with Gasteiger partial charge in [0, 0.05) is 16.1 Å². The van der Waals surface area contributed by atoms with Crippen LogP contribution in [-0.4, -0.2) is 18.8 Å². The number of anilines is 1. The third-order valence-electron chi connectivity index (χ3n) is 2.88. The molecule has 0 atom stereocenters. The maximum absolute atomic E-state index is 11.9. The van der Waals surface area contributed by atoms with E-state index in [1.807, 2.05) is 0 Å². The number of methoxy groups -OCH3 is 1. The molecule has 0 radical (unpaired) electrons. The van der Waals surface area contributed by atoms with Crippen LogP contribution in [0.3, 0.4) is 0 Å². The number of carbonyl (C=O) groups is 2. The summed E-state index contributed by atoms with van der Waals surface area (Å²) in [6.07, 6.45) is 2.45. The average molecular weight is 360 g/mol. The van der Waals surface area contributed by atoms with Crippen LogP contribution >= 0.6 is 15.9 Å². The molecule has 112 valence electrons. The Hall–Kier alpha value is -2.40. The molecule has 0 aliphatic heterocycles. The zero-order valence-corrected chi connectivity index (χ0v) is 13.5. The van der Waals surface area contributed by atoms with Crippen molar-refractivity contribution in [2.75, 3.05) is 12.4 Å². The van der Waals surface area contributed by atoms with Gasteiger partial charge in [0.05, 0.1) is 12.8 Å². The van der Waals surface area contributed by atoms with E-state index in [0.29, 0.717) is 17.0 Å². The highest BCUT2D eigenvalue weighted by Crippen LogP contribution is 2.22. The Morgan fingerprint density at radius 2 is 1.73 bits per heavy atom. The molecule has 0 spiro atoms. The SMILES string of the molecule is COc1ccccc1NC(=O)/C=C/C(=O)c1ccc(Br)cc1. The van der Waals surface area contributed by atoms with E-state index in [1.54, 1.807) is 48.5 Å². The fourth-order valence-electron chi connectivity index (χ4n) is 1.78. The Bertz CT molecular complexity index is 708. The Morgan fingerprint density at radius 1 is 1.05 bits per heavy atom. The second-order valence-corrected chi connectivity index (χ2v) is 5.31. The number of rotatable bonds is 5. The van der Waals surface area contributed by atoms with Crippen LogP contribution < -0.4 is 10.1 Å². The lowest BCUT2D eigenvalue weighted by molar-refractivity contribution is -0.111. The minimum atomic E-state index is -0.394. The molecule has 0 aliphatic carbocycles. The molecule has 0 fully saturated rings. The lowest BCUT2D eigenvalue weighted by Crippen LogP contribution is -2.09. The van der Waals surface area contributed by atoms with Crippen molar-refractivity contribution in [3.8, 4) is 5.75 Å². The summed E-state index contributed by atoms with van der Waals surface area (Å²) in [7, 11) is 1.53. The molecule has 2 aromatic rings. The first kappa shape index (κ1) is 16.0. The summed E-state index contributed by atoms with van der Waals surface area (Å²) < 4.78 is 6.03. The van der Waals surface area contributed by atoms with E-state index in [2.05, 4.69) is 21.2 Å². The smallest absolute Gasteiger partial charge is 0.248 e. The molecule has 2 rings (SSSR count). The zero-order valence-electron chi connectivity index (χ0n) is 11.9. The van der Waals surface area contributed by atoms with E-state index in [4.69, 9.17) is 4.74 Å². The molecular weight excluding hydrogens is 346 g/mol. The summed E-state index contributed by atoms with van der Waals surface area (Å²) >= 11 is 3.30. The van der Waals surface area contributed by atoms with Crippen LogP contribution in [0.1, 0.15) is 10.4 Å². The number of benzene rings is 2. The number of ketones is 1. The molecule has 0 bridgehead atoms. The zero-order chi connectivity index (χ0) is 15.9. The summed E-state index contributed by atoms with van der Waals surface area (Å²) in [4.78, 5) is 23.8. The summed E-state index contributed by atoms with van der Waals surface area (Å²) in [5, 5.41) is 2.67. The summed E-state index contributed by atoms with van der Waals surface area (Å²) in [5.41, 5.74) is 1.07. The van der Waals surface area contributed by atoms with Gasteiger partial charge in [0.2, 0.25) is 5.91 Å². The van der Waals surface area contributed by atoms with E-state index in [0.717, 1.165) is 4.47 Å². The Kier molecular flexibility index (Phi) is 5.49. The first-order valence-electron chi connectivity index (χ1n) is 6.52. The van der Waals surface area contributed by atoms with Crippen LogP contribution in [0.4, 0.5) is 5.69 Å². The van der Waals surface area contributed by atoms with Crippen molar-refractivity contribution >= 4 is 33.3 Å². The van der Waals surface area contributed by atoms with Gasteiger partial charge in [0.25, 0.3) is 0 Å². The highest BCUT2D eigenvalue weighted by Gasteiger charge is 2.06. The number of para-hydroxylation sites is 2. The fraction of sp³-hybridized carbons (Fsp3) is 0.0588. The normalized spacial score (nSPS) is 10.5. The lowest BCUT2D eigenvalue weighted by Gasteiger charge is -2.07. The van der Waals surface area contributed by atoms with Crippen molar-refractivity contribution in [2.24, 2.45) is 0 Å². The number of halogens is 1. The molecule has 4 nitrogen and oxygen atoms in total. The van der Waals surface area contributed by atoms with Crippen LogP contribution in [0.2, 0.25) is 0 Å². The third kappa shape index (κ3) is 4.30. The van der Waals surface area contributed by atoms with Crippen molar-refractivity contribution in [2.45, 2.75) is 0 Å². The number of allylic oxidation sites excluding steroid dienone is 1. The minimum absolute atomic E-state index is 0.234. The van der Waals surface area contributed by atoms with Gasteiger partial charge >= 0.3 is 0 Å². The van der Waals surface area contributed by atoms with Gasteiger partial charge in [-0.2, -0.15) is 0 Å². The molecule has 0 unspecified atom stereocenters. The summed E-state index contributed by atoms with van der Waals surface area (Å²) in [5.74, 6) is -0.0684. The lowest BCUT2D eigenvalue weighted by atomic mass is 10.1. The summed E-state index contributed by atoms with van der Waals surface area (Å²) in [6.45, 7) is 0. The van der Waals surface area contributed by atoms with Crippen molar-refractivity contribution < 1.29 is 14.3 Å². The third-order valence-corrected chi connectivity index (χ3v) is 3.41. The highest BCUT2D eigenvalue weighted by molar-refractivity contribution is 9.10. The van der Waals surface area contributed by atoms with Crippen LogP contribution in [0.15, 0.2) is 65.2 Å².